The molecular formula is C14H10Br3Cl. The molecule has 0 spiro atoms. The van der Waals surface area contributed by atoms with E-state index in [-0.39, 0.29) is 5.38 Å². The van der Waals surface area contributed by atoms with Crippen molar-refractivity contribution in [3.05, 3.63) is 66.5 Å². The number of hydrogen-bond donors (Lipinski definition) is 0. The lowest BCUT2D eigenvalue weighted by molar-refractivity contribution is 1.12. The molecule has 18 heavy (non-hydrogen) atoms. The van der Waals surface area contributed by atoms with E-state index in [2.05, 4.69) is 66.8 Å². The summed E-state index contributed by atoms with van der Waals surface area (Å²) in [6.07, 6.45) is 0. The van der Waals surface area contributed by atoms with E-state index in [1.807, 2.05) is 24.3 Å². The van der Waals surface area contributed by atoms with Crippen molar-refractivity contribution >= 4 is 59.4 Å². The molecule has 2 aromatic rings. The average molecular weight is 453 g/mol. The van der Waals surface area contributed by atoms with Gasteiger partial charge in [-0.25, -0.2) is 0 Å². The second kappa shape index (κ2) is 6.08. The van der Waals surface area contributed by atoms with Crippen LogP contribution in [0.4, 0.5) is 0 Å². The Morgan fingerprint density at radius 2 is 1.56 bits per heavy atom. The van der Waals surface area contributed by atoms with E-state index >= 15 is 0 Å². The molecule has 0 bridgehead atoms. The standard InChI is InChI=1S/C14H10Br3Cl/c1-8-6-13(17)11(7-12(8)16)14(18)9-2-4-10(15)5-3-9/h2-7,14H,1H3. The summed E-state index contributed by atoms with van der Waals surface area (Å²) in [5, 5.41) is -0.163. The highest BCUT2D eigenvalue weighted by Crippen LogP contribution is 2.37. The molecule has 0 aliphatic heterocycles. The van der Waals surface area contributed by atoms with Crippen LogP contribution in [0.15, 0.2) is 49.8 Å². The van der Waals surface area contributed by atoms with Crippen molar-refractivity contribution in [1.29, 1.82) is 0 Å². The van der Waals surface area contributed by atoms with Gasteiger partial charge in [-0.15, -0.1) is 11.6 Å². The predicted molar refractivity (Wildman–Crippen MR) is 88.4 cm³/mol. The summed E-state index contributed by atoms with van der Waals surface area (Å²) in [7, 11) is 0. The molecule has 0 saturated heterocycles. The predicted octanol–water partition coefficient (Wildman–Crippen LogP) is 6.61. The number of aryl methyl sites for hydroxylation is 1. The van der Waals surface area contributed by atoms with Crippen LogP contribution >= 0.6 is 59.4 Å². The van der Waals surface area contributed by atoms with Crippen molar-refractivity contribution in [3.8, 4) is 0 Å². The third-order valence-electron chi connectivity index (χ3n) is 2.71. The van der Waals surface area contributed by atoms with Crippen LogP contribution in [-0.2, 0) is 0 Å². The Kier molecular flexibility index (Phi) is 4.92. The summed E-state index contributed by atoms with van der Waals surface area (Å²) in [4.78, 5) is 0. The van der Waals surface area contributed by atoms with Crippen molar-refractivity contribution in [2.45, 2.75) is 12.3 Å². The Balaban J connectivity index is 2.42. The highest BCUT2D eigenvalue weighted by Gasteiger charge is 2.15. The van der Waals surface area contributed by atoms with Gasteiger partial charge in [0.25, 0.3) is 0 Å². The van der Waals surface area contributed by atoms with Crippen LogP contribution in [0.3, 0.4) is 0 Å². The Hall–Kier alpha value is 0.170. The molecule has 0 nitrogen and oxygen atoms in total. The molecule has 0 aliphatic carbocycles. The molecule has 94 valence electrons. The van der Waals surface area contributed by atoms with Crippen molar-refractivity contribution in [3.63, 3.8) is 0 Å². The maximum atomic E-state index is 6.55. The number of halogens is 4. The third kappa shape index (κ3) is 3.19. The zero-order valence-electron chi connectivity index (χ0n) is 9.55. The highest BCUT2D eigenvalue weighted by atomic mass is 79.9. The van der Waals surface area contributed by atoms with Crippen molar-refractivity contribution < 1.29 is 0 Å². The second-order valence-corrected chi connectivity index (χ2v) is 7.10. The first-order valence-electron chi connectivity index (χ1n) is 5.34. The average Bonchev–Trinajstić information content (AvgIpc) is 2.34. The monoisotopic (exact) mass is 450 g/mol. The fourth-order valence-corrected chi connectivity index (χ4v) is 3.44. The maximum Gasteiger partial charge on any atom is 0.0846 e. The first-order valence-corrected chi connectivity index (χ1v) is 8.15. The Bertz CT molecular complexity index is 564. The van der Waals surface area contributed by atoms with E-state index < -0.39 is 0 Å². The molecule has 0 amide bonds. The lowest BCUT2D eigenvalue weighted by Gasteiger charge is -2.14. The summed E-state index contributed by atoms with van der Waals surface area (Å²) < 4.78 is 3.16. The Morgan fingerprint density at radius 3 is 2.17 bits per heavy atom. The smallest absolute Gasteiger partial charge is 0.0846 e. The van der Waals surface area contributed by atoms with Gasteiger partial charge in [0, 0.05) is 13.4 Å². The topological polar surface area (TPSA) is 0 Å². The Morgan fingerprint density at radius 1 is 0.944 bits per heavy atom. The van der Waals surface area contributed by atoms with Crippen LogP contribution in [0.25, 0.3) is 0 Å². The minimum atomic E-state index is -0.163. The van der Waals surface area contributed by atoms with Gasteiger partial charge < -0.3 is 0 Å². The van der Waals surface area contributed by atoms with Gasteiger partial charge in [-0.1, -0.05) is 59.9 Å². The lowest BCUT2D eigenvalue weighted by Crippen LogP contribution is -1.95. The van der Waals surface area contributed by atoms with Crippen LogP contribution < -0.4 is 0 Å². The van der Waals surface area contributed by atoms with Crippen LogP contribution in [0, 0.1) is 6.92 Å². The number of hydrogen-bond acceptors (Lipinski definition) is 0. The van der Waals surface area contributed by atoms with E-state index in [0.29, 0.717) is 0 Å². The SMILES string of the molecule is Cc1cc(Br)c(C(Cl)c2ccc(Br)cc2)cc1Br. The first-order chi connectivity index (χ1) is 8.49. The van der Waals surface area contributed by atoms with Crippen LogP contribution in [0.5, 0.6) is 0 Å². The summed E-state index contributed by atoms with van der Waals surface area (Å²) in [6, 6.07) is 12.2. The third-order valence-corrected chi connectivity index (χ3v) is 5.27. The summed E-state index contributed by atoms with van der Waals surface area (Å²) in [5.41, 5.74) is 3.33. The van der Waals surface area contributed by atoms with Gasteiger partial charge in [0.1, 0.15) is 0 Å². The maximum absolute atomic E-state index is 6.55. The normalized spacial score (nSPS) is 12.5. The van der Waals surface area contributed by atoms with Crippen molar-refractivity contribution in [2.24, 2.45) is 0 Å². The molecule has 0 aliphatic rings. The molecule has 4 heteroatoms. The quantitative estimate of drug-likeness (QED) is 0.449. The van der Waals surface area contributed by atoms with Crippen LogP contribution in [0.1, 0.15) is 22.1 Å². The van der Waals surface area contributed by atoms with E-state index in [4.69, 9.17) is 11.6 Å². The fraction of sp³-hybridized carbons (Fsp3) is 0.143. The number of rotatable bonds is 2. The molecule has 1 atom stereocenters. The molecule has 0 fully saturated rings. The molecule has 2 aromatic carbocycles. The van der Waals surface area contributed by atoms with Gasteiger partial charge >= 0.3 is 0 Å². The van der Waals surface area contributed by atoms with Gasteiger partial charge in [-0.3, -0.25) is 0 Å². The number of benzene rings is 2. The molecule has 1 unspecified atom stereocenters. The van der Waals surface area contributed by atoms with E-state index in [0.717, 1.165) is 24.5 Å². The minimum Gasteiger partial charge on any atom is -0.113 e. The van der Waals surface area contributed by atoms with Crippen LogP contribution in [0.2, 0.25) is 0 Å². The van der Waals surface area contributed by atoms with E-state index in [1.165, 1.54) is 5.56 Å². The fourth-order valence-electron chi connectivity index (χ4n) is 1.67. The van der Waals surface area contributed by atoms with Gasteiger partial charge in [0.15, 0.2) is 0 Å². The first kappa shape index (κ1) is 14.6. The summed E-state index contributed by atoms with van der Waals surface area (Å²) in [6.45, 7) is 2.06. The Labute approximate surface area is 137 Å². The molecule has 0 aromatic heterocycles. The summed E-state index contributed by atoms with van der Waals surface area (Å²) >= 11 is 17.1. The van der Waals surface area contributed by atoms with Crippen LogP contribution in [-0.4, -0.2) is 0 Å². The zero-order valence-corrected chi connectivity index (χ0v) is 15.1. The van der Waals surface area contributed by atoms with Gasteiger partial charge in [0.05, 0.1) is 5.38 Å². The molecule has 0 radical (unpaired) electrons. The number of alkyl halides is 1. The largest absolute Gasteiger partial charge is 0.113 e. The van der Waals surface area contributed by atoms with E-state index in [1.54, 1.807) is 0 Å². The molecule has 0 N–H and O–H groups in total. The second-order valence-electron chi connectivity index (χ2n) is 4.04. The van der Waals surface area contributed by atoms with Gasteiger partial charge in [-0.05, 0) is 47.9 Å². The van der Waals surface area contributed by atoms with Crippen molar-refractivity contribution in [1.82, 2.24) is 0 Å². The van der Waals surface area contributed by atoms with Gasteiger partial charge in [0.2, 0.25) is 0 Å². The highest BCUT2D eigenvalue weighted by molar-refractivity contribution is 9.11. The minimum absolute atomic E-state index is 0.163. The molecular weight excluding hydrogens is 443 g/mol. The summed E-state index contributed by atoms with van der Waals surface area (Å²) in [5.74, 6) is 0. The van der Waals surface area contributed by atoms with Crippen molar-refractivity contribution in [2.75, 3.05) is 0 Å². The van der Waals surface area contributed by atoms with Gasteiger partial charge in [-0.2, -0.15) is 0 Å². The molecule has 0 heterocycles. The molecule has 2 rings (SSSR count). The molecule has 0 saturated carbocycles. The lowest BCUT2D eigenvalue weighted by atomic mass is 10.0. The van der Waals surface area contributed by atoms with E-state index in [9.17, 15) is 0 Å². The zero-order chi connectivity index (χ0) is 13.3.